The van der Waals surface area contributed by atoms with E-state index in [0.717, 1.165) is 14.5 Å². The first-order chi connectivity index (χ1) is 14.5. The maximum atomic E-state index is 13.5. The van der Waals surface area contributed by atoms with Gasteiger partial charge in [0.15, 0.2) is 5.82 Å². The second-order valence-electron chi connectivity index (χ2n) is 7.05. The van der Waals surface area contributed by atoms with E-state index >= 15 is 0 Å². The zero-order valence-corrected chi connectivity index (χ0v) is 18.2. The van der Waals surface area contributed by atoms with Crippen LogP contribution in [-0.2, 0) is 7.05 Å². The van der Waals surface area contributed by atoms with E-state index in [9.17, 15) is 9.59 Å². The van der Waals surface area contributed by atoms with E-state index in [1.54, 1.807) is 11.6 Å². The lowest BCUT2D eigenvalue weighted by Gasteiger charge is -2.15. The molecule has 0 saturated heterocycles. The van der Waals surface area contributed by atoms with Crippen molar-refractivity contribution >= 4 is 44.4 Å². The number of benzene rings is 3. The molecule has 5 nitrogen and oxygen atoms in total. The summed E-state index contributed by atoms with van der Waals surface area (Å²) in [4.78, 5) is 31.6. The van der Waals surface area contributed by atoms with Crippen LogP contribution in [0.3, 0.4) is 0 Å². The van der Waals surface area contributed by atoms with Gasteiger partial charge in [0, 0.05) is 10.6 Å². The van der Waals surface area contributed by atoms with Crippen molar-refractivity contribution in [1.29, 1.82) is 0 Å². The minimum Gasteiger partial charge on any atom is -0.311 e. The Balaban J connectivity index is 1.96. The van der Waals surface area contributed by atoms with Crippen LogP contribution in [0.15, 0.2) is 88.5 Å². The van der Waals surface area contributed by atoms with E-state index in [0.29, 0.717) is 28.0 Å². The fourth-order valence-electron chi connectivity index (χ4n) is 3.74. The Bertz CT molecular complexity index is 1550. The first-order valence-corrected chi connectivity index (χ1v) is 10.5. The lowest BCUT2D eigenvalue weighted by molar-refractivity contribution is 0.895. The summed E-state index contributed by atoms with van der Waals surface area (Å²) in [5.74, 6) is 0.339. The third kappa shape index (κ3) is 2.95. The fraction of sp³-hybridized carbons (Fsp3) is 0.0417. The van der Waals surface area contributed by atoms with E-state index < -0.39 is 0 Å². The average Bonchev–Trinajstić information content (AvgIpc) is 2.77. The number of fused-ring (bicyclic) bond motifs is 2. The van der Waals surface area contributed by atoms with Crippen LogP contribution in [0.1, 0.15) is 0 Å². The van der Waals surface area contributed by atoms with Crippen molar-refractivity contribution in [1.82, 2.24) is 14.1 Å². The first-order valence-electron chi connectivity index (χ1n) is 9.41. The van der Waals surface area contributed by atoms with Crippen molar-refractivity contribution in [3.63, 3.8) is 0 Å². The van der Waals surface area contributed by atoms with Crippen LogP contribution in [-0.4, -0.2) is 14.1 Å². The molecule has 0 amide bonds. The number of hydrogen-bond acceptors (Lipinski definition) is 3. The Labute approximate surface area is 185 Å². The first kappa shape index (κ1) is 18.7. The molecule has 0 saturated carbocycles. The van der Waals surface area contributed by atoms with Gasteiger partial charge in [0.25, 0.3) is 11.1 Å². The summed E-state index contributed by atoms with van der Waals surface area (Å²) >= 11 is 2.18. The van der Waals surface area contributed by atoms with Crippen molar-refractivity contribution in [3.05, 3.63) is 103 Å². The number of hydrogen-bond donors (Lipinski definition) is 0. The molecule has 3 aromatic carbocycles. The van der Waals surface area contributed by atoms with Crippen LogP contribution in [0.4, 0.5) is 0 Å². The van der Waals surface area contributed by atoms with Gasteiger partial charge in [-0.3, -0.25) is 14.2 Å². The molecule has 6 heteroatoms. The van der Waals surface area contributed by atoms with Crippen LogP contribution < -0.4 is 11.1 Å². The molecule has 0 spiro atoms. The molecule has 5 aromatic rings. The minimum absolute atomic E-state index is 0.199. The molecule has 0 aliphatic rings. The predicted molar refractivity (Wildman–Crippen MR) is 128 cm³/mol. The Morgan fingerprint density at radius 3 is 2.37 bits per heavy atom. The van der Waals surface area contributed by atoms with Crippen LogP contribution in [0.25, 0.3) is 38.9 Å². The molecule has 0 N–H and O–H groups in total. The van der Waals surface area contributed by atoms with Gasteiger partial charge in [-0.25, -0.2) is 4.98 Å². The summed E-state index contributed by atoms with van der Waals surface area (Å²) in [6, 6.07) is 24.4. The number of aromatic nitrogens is 3. The van der Waals surface area contributed by atoms with Crippen LogP contribution in [0, 0.1) is 3.57 Å². The zero-order chi connectivity index (χ0) is 20.8. The topological polar surface area (TPSA) is 56.9 Å². The monoisotopic (exact) mass is 505 g/mol. The average molecular weight is 505 g/mol. The van der Waals surface area contributed by atoms with Crippen molar-refractivity contribution in [2.45, 2.75) is 0 Å². The highest BCUT2D eigenvalue weighted by Gasteiger charge is 2.18. The SMILES string of the molecule is Cn1c(=O)c(-c2nc3ccc(I)cc3c(=O)n2-c2ccccc2)cc2ccccc21. The van der Waals surface area contributed by atoms with Gasteiger partial charge in [0.05, 0.1) is 27.7 Å². The fourth-order valence-corrected chi connectivity index (χ4v) is 4.23. The van der Waals surface area contributed by atoms with Gasteiger partial charge in [0.2, 0.25) is 0 Å². The number of para-hydroxylation sites is 2. The molecule has 0 bridgehead atoms. The van der Waals surface area contributed by atoms with Crippen molar-refractivity contribution < 1.29 is 0 Å². The van der Waals surface area contributed by atoms with Gasteiger partial charge >= 0.3 is 0 Å². The van der Waals surface area contributed by atoms with Crippen LogP contribution in [0.5, 0.6) is 0 Å². The Morgan fingerprint density at radius 1 is 0.833 bits per heavy atom. The molecule has 2 aromatic heterocycles. The summed E-state index contributed by atoms with van der Waals surface area (Å²) in [7, 11) is 1.74. The number of pyridine rings is 1. The Kier molecular flexibility index (Phi) is 4.51. The lowest BCUT2D eigenvalue weighted by atomic mass is 10.1. The van der Waals surface area contributed by atoms with E-state index in [4.69, 9.17) is 4.98 Å². The molecule has 0 unspecified atom stereocenters. The summed E-state index contributed by atoms with van der Waals surface area (Å²) in [5, 5.41) is 1.43. The molecular formula is C24H16IN3O2. The largest absolute Gasteiger partial charge is 0.311 e. The molecular weight excluding hydrogens is 489 g/mol. The molecule has 0 aliphatic heterocycles. The summed E-state index contributed by atoms with van der Waals surface area (Å²) in [5.41, 5.74) is 2.05. The number of nitrogens with zero attached hydrogens (tertiary/aromatic N) is 3. The normalized spacial score (nSPS) is 11.3. The van der Waals surface area contributed by atoms with Gasteiger partial charge in [-0.1, -0.05) is 36.4 Å². The second kappa shape index (κ2) is 7.21. The van der Waals surface area contributed by atoms with Gasteiger partial charge in [-0.15, -0.1) is 0 Å². The molecule has 2 heterocycles. The second-order valence-corrected chi connectivity index (χ2v) is 8.30. The molecule has 30 heavy (non-hydrogen) atoms. The maximum Gasteiger partial charge on any atom is 0.266 e. The molecule has 0 radical (unpaired) electrons. The minimum atomic E-state index is -0.199. The van der Waals surface area contributed by atoms with Gasteiger partial charge in [-0.2, -0.15) is 0 Å². The highest BCUT2D eigenvalue weighted by Crippen LogP contribution is 2.23. The van der Waals surface area contributed by atoms with Crippen molar-refractivity contribution in [2.24, 2.45) is 7.05 Å². The highest BCUT2D eigenvalue weighted by molar-refractivity contribution is 14.1. The molecule has 5 rings (SSSR count). The van der Waals surface area contributed by atoms with Crippen molar-refractivity contribution in [2.75, 3.05) is 0 Å². The Hall–Kier alpha value is -3.26. The van der Waals surface area contributed by atoms with Gasteiger partial charge in [-0.05, 0) is 70.4 Å². The summed E-state index contributed by atoms with van der Waals surface area (Å²) < 4.78 is 4.08. The zero-order valence-electron chi connectivity index (χ0n) is 16.0. The Morgan fingerprint density at radius 2 is 1.57 bits per heavy atom. The van der Waals surface area contributed by atoms with E-state index in [1.165, 1.54) is 4.57 Å². The number of rotatable bonds is 2. The van der Waals surface area contributed by atoms with E-state index in [-0.39, 0.29) is 11.1 Å². The molecule has 0 atom stereocenters. The summed E-state index contributed by atoms with van der Waals surface area (Å²) in [6.07, 6.45) is 0. The van der Waals surface area contributed by atoms with Gasteiger partial charge < -0.3 is 4.57 Å². The third-order valence-electron chi connectivity index (χ3n) is 5.22. The van der Waals surface area contributed by atoms with Gasteiger partial charge in [0.1, 0.15) is 0 Å². The quantitative estimate of drug-likeness (QED) is 0.332. The van der Waals surface area contributed by atoms with E-state index in [2.05, 4.69) is 22.6 Å². The molecule has 0 fully saturated rings. The standard InChI is InChI=1S/C24H16IN3O2/c1-27-21-10-6-5-7-15(21)13-19(23(27)29)22-26-20-12-11-16(25)14-18(20)24(30)28(22)17-8-3-2-4-9-17/h2-14H,1H3. The predicted octanol–water partition coefficient (Wildman–Crippen LogP) is 4.51. The van der Waals surface area contributed by atoms with Crippen molar-refractivity contribution in [3.8, 4) is 17.1 Å². The third-order valence-corrected chi connectivity index (χ3v) is 5.89. The highest BCUT2D eigenvalue weighted by atomic mass is 127. The van der Waals surface area contributed by atoms with Crippen LogP contribution >= 0.6 is 22.6 Å². The summed E-state index contributed by atoms with van der Waals surface area (Å²) in [6.45, 7) is 0. The van der Waals surface area contributed by atoms with Crippen LogP contribution in [0.2, 0.25) is 0 Å². The maximum absolute atomic E-state index is 13.5. The smallest absolute Gasteiger partial charge is 0.266 e. The molecule has 146 valence electrons. The number of aryl methyl sites for hydroxylation is 1. The number of halogens is 1. The van der Waals surface area contributed by atoms with E-state index in [1.807, 2.05) is 78.9 Å². The lowest BCUT2D eigenvalue weighted by Crippen LogP contribution is -2.26. The molecule has 0 aliphatic carbocycles.